The lowest BCUT2D eigenvalue weighted by Crippen LogP contribution is -2.51. The van der Waals surface area contributed by atoms with Crippen molar-refractivity contribution in [2.75, 3.05) is 25.0 Å². The SMILES string of the molecule is Cc1ncc(CN2CCC3(CC2)C[C@H](Nc2ncccn2)CCO3)cn1. The third-order valence-electron chi connectivity index (χ3n) is 5.40. The van der Waals surface area contributed by atoms with Crippen molar-refractivity contribution in [3.63, 3.8) is 0 Å². The smallest absolute Gasteiger partial charge is 0.222 e. The summed E-state index contributed by atoms with van der Waals surface area (Å²) in [6.07, 6.45) is 11.6. The molecule has 2 fully saturated rings. The first-order chi connectivity index (χ1) is 12.7. The molecule has 7 nitrogen and oxygen atoms in total. The molecule has 0 bridgehead atoms. The van der Waals surface area contributed by atoms with Gasteiger partial charge in [0.2, 0.25) is 5.95 Å². The lowest BCUT2D eigenvalue weighted by Gasteiger charge is -2.46. The molecule has 2 aliphatic rings. The quantitative estimate of drug-likeness (QED) is 0.902. The number of ether oxygens (including phenoxy) is 1. The third kappa shape index (κ3) is 4.16. The van der Waals surface area contributed by atoms with Crippen molar-refractivity contribution in [3.8, 4) is 0 Å². The van der Waals surface area contributed by atoms with E-state index in [2.05, 4.69) is 30.2 Å². The lowest BCUT2D eigenvalue weighted by atomic mass is 9.82. The average Bonchev–Trinajstić information content (AvgIpc) is 2.67. The topological polar surface area (TPSA) is 76.1 Å². The van der Waals surface area contributed by atoms with Gasteiger partial charge in [-0.3, -0.25) is 4.90 Å². The van der Waals surface area contributed by atoms with Gasteiger partial charge < -0.3 is 10.1 Å². The second kappa shape index (κ2) is 7.63. The Morgan fingerprint density at radius 3 is 2.62 bits per heavy atom. The summed E-state index contributed by atoms with van der Waals surface area (Å²) in [5, 5.41) is 3.48. The van der Waals surface area contributed by atoms with E-state index in [0.29, 0.717) is 12.0 Å². The lowest BCUT2D eigenvalue weighted by molar-refractivity contribution is -0.115. The Kier molecular flexibility index (Phi) is 5.08. The number of aryl methyl sites for hydroxylation is 1. The van der Waals surface area contributed by atoms with Crippen molar-refractivity contribution in [1.29, 1.82) is 0 Å². The molecule has 2 aromatic heterocycles. The minimum absolute atomic E-state index is 0.00896. The molecule has 0 unspecified atom stereocenters. The first kappa shape index (κ1) is 17.3. The molecule has 7 heteroatoms. The molecule has 0 radical (unpaired) electrons. The first-order valence-corrected chi connectivity index (χ1v) is 9.38. The maximum atomic E-state index is 6.26. The van der Waals surface area contributed by atoms with Gasteiger partial charge in [-0.2, -0.15) is 0 Å². The van der Waals surface area contributed by atoms with Gasteiger partial charge in [0.15, 0.2) is 0 Å². The number of hydrogen-bond acceptors (Lipinski definition) is 7. The van der Waals surface area contributed by atoms with Crippen LogP contribution in [0.15, 0.2) is 30.9 Å². The van der Waals surface area contributed by atoms with Crippen LogP contribution in [0.3, 0.4) is 0 Å². The summed E-state index contributed by atoms with van der Waals surface area (Å²) in [6.45, 7) is 5.72. The van der Waals surface area contributed by atoms with Gasteiger partial charge in [-0.25, -0.2) is 19.9 Å². The zero-order chi connectivity index (χ0) is 17.8. The number of nitrogens with one attached hydrogen (secondary N) is 1. The van der Waals surface area contributed by atoms with E-state index in [1.807, 2.05) is 25.4 Å². The van der Waals surface area contributed by atoms with Crippen molar-refractivity contribution < 1.29 is 4.74 Å². The summed E-state index contributed by atoms with van der Waals surface area (Å²) in [5.41, 5.74) is 1.17. The van der Waals surface area contributed by atoms with Crippen LogP contribution in [0.25, 0.3) is 0 Å². The maximum absolute atomic E-state index is 6.26. The number of hydrogen-bond donors (Lipinski definition) is 1. The Hall–Kier alpha value is -2.12. The van der Waals surface area contributed by atoms with Gasteiger partial charge in [0.25, 0.3) is 0 Å². The van der Waals surface area contributed by atoms with Crippen LogP contribution in [0.1, 0.15) is 37.1 Å². The third-order valence-corrected chi connectivity index (χ3v) is 5.40. The van der Waals surface area contributed by atoms with Crippen LogP contribution in [-0.4, -0.2) is 56.2 Å². The highest BCUT2D eigenvalue weighted by Crippen LogP contribution is 2.36. The van der Waals surface area contributed by atoms with Crippen molar-refractivity contribution in [1.82, 2.24) is 24.8 Å². The Bertz CT molecular complexity index is 700. The van der Waals surface area contributed by atoms with E-state index < -0.39 is 0 Å². The van der Waals surface area contributed by atoms with Crippen molar-refractivity contribution in [2.45, 2.75) is 50.8 Å². The minimum Gasteiger partial charge on any atom is -0.375 e. The molecule has 0 aliphatic carbocycles. The normalized spacial score (nSPS) is 23.0. The fraction of sp³-hybridized carbons (Fsp3) is 0.579. The Labute approximate surface area is 154 Å². The number of nitrogens with zero attached hydrogens (tertiary/aromatic N) is 5. The summed E-state index contributed by atoms with van der Waals surface area (Å²) >= 11 is 0. The molecule has 138 valence electrons. The van der Waals surface area contributed by atoms with Crippen LogP contribution in [-0.2, 0) is 11.3 Å². The largest absolute Gasteiger partial charge is 0.375 e. The van der Waals surface area contributed by atoms with Gasteiger partial charge in [-0.15, -0.1) is 0 Å². The summed E-state index contributed by atoms with van der Waals surface area (Å²) in [5.74, 6) is 1.54. The highest BCUT2D eigenvalue weighted by atomic mass is 16.5. The number of rotatable bonds is 4. The van der Waals surface area contributed by atoms with Crippen molar-refractivity contribution >= 4 is 5.95 Å². The molecular weight excluding hydrogens is 328 g/mol. The van der Waals surface area contributed by atoms with Crippen LogP contribution in [0, 0.1) is 6.92 Å². The van der Waals surface area contributed by atoms with Crippen LogP contribution in [0.4, 0.5) is 5.95 Å². The van der Waals surface area contributed by atoms with Gasteiger partial charge in [-0.1, -0.05) is 0 Å². The van der Waals surface area contributed by atoms with Crippen LogP contribution in [0.2, 0.25) is 0 Å². The monoisotopic (exact) mass is 354 g/mol. The van der Waals surface area contributed by atoms with E-state index >= 15 is 0 Å². The molecule has 1 N–H and O–H groups in total. The van der Waals surface area contributed by atoms with E-state index in [0.717, 1.165) is 57.7 Å². The predicted octanol–water partition coefficient (Wildman–Crippen LogP) is 2.20. The van der Waals surface area contributed by atoms with Gasteiger partial charge in [0.05, 0.1) is 5.60 Å². The number of likely N-dealkylation sites (tertiary alicyclic amines) is 1. The fourth-order valence-corrected chi connectivity index (χ4v) is 3.93. The fourth-order valence-electron chi connectivity index (χ4n) is 3.93. The molecule has 1 atom stereocenters. The van der Waals surface area contributed by atoms with E-state index in [1.165, 1.54) is 5.56 Å². The standard InChI is InChI=1S/C19H26N6O/c1-15-22-12-16(13-23-15)14-25-8-4-19(5-9-25)11-17(3-10-26-19)24-18-20-6-2-7-21-18/h2,6-7,12-13,17H,3-5,8-11,14H2,1H3,(H,20,21,24)/t17-/m1/s1. The molecule has 0 aromatic carbocycles. The van der Waals surface area contributed by atoms with E-state index in [1.54, 1.807) is 12.4 Å². The second-order valence-corrected chi connectivity index (χ2v) is 7.35. The highest BCUT2D eigenvalue weighted by molar-refractivity contribution is 5.25. The number of anilines is 1. The molecule has 26 heavy (non-hydrogen) atoms. The minimum atomic E-state index is -0.00896. The van der Waals surface area contributed by atoms with Crippen LogP contribution >= 0.6 is 0 Å². The molecule has 4 heterocycles. The van der Waals surface area contributed by atoms with Gasteiger partial charge in [0.1, 0.15) is 5.82 Å². The van der Waals surface area contributed by atoms with Crippen LogP contribution < -0.4 is 5.32 Å². The second-order valence-electron chi connectivity index (χ2n) is 7.35. The Balaban J connectivity index is 1.31. The molecule has 0 saturated carbocycles. The summed E-state index contributed by atoms with van der Waals surface area (Å²) < 4.78 is 6.26. The number of piperidine rings is 1. The van der Waals surface area contributed by atoms with E-state index in [4.69, 9.17) is 4.74 Å². The van der Waals surface area contributed by atoms with Crippen molar-refractivity contribution in [2.24, 2.45) is 0 Å². The molecule has 2 aliphatic heterocycles. The highest BCUT2D eigenvalue weighted by Gasteiger charge is 2.40. The van der Waals surface area contributed by atoms with E-state index in [-0.39, 0.29) is 5.60 Å². The Morgan fingerprint density at radius 2 is 1.88 bits per heavy atom. The molecule has 2 aromatic rings. The van der Waals surface area contributed by atoms with Gasteiger partial charge in [-0.05, 0) is 38.7 Å². The first-order valence-electron chi connectivity index (χ1n) is 9.38. The summed E-state index contributed by atoms with van der Waals surface area (Å²) in [6, 6.07) is 2.22. The summed E-state index contributed by atoms with van der Waals surface area (Å²) in [4.78, 5) is 19.6. The zero-order valence-corrected chi connectivity index (χ0v) is 15.3. The van der Waals surface area contributed by atoms with Crippen LogP contribution in [0.5, 0.6) is 0 Å². The molecular formula is C19H26N6O. The average molecular weight is 354 g/mol. The van der Waals surface area contributed by atoms with Gasteiger partial charge in [0, 0.05) is 62.6 Å². The summed E-state index contributed by atoms with van der Waals surface area (Å²) in [7, 11) is 0. The van der Waals surface area contributed by atoms with Gasteiger partial charge >= 0.3 is 0 Å². The molecule has 0 amide bonds. The molecule has 1 spiro atoms. The zero-order valence-electron chi connectivity index (χ0n) is 15.3. The van der Waals surface area contributed by atoms with E-state index in [9.17, 15) is 0 Å². The maximum Gasteiger partial charge on any atom is 0.222 e. The Morgan fingerprint density at radius 1 is 1.15 bits per heavy atom. The molecule has 2 saturated heterocycles. The molecule has 4 rings (SSSR count). The van der Waals surface area contributed by atoms with Crippen molar-refractivity contribution in [3.05, 3.63) is 42.2 Å². The number of aromatic nitrogens is 4. The predicted molar refractivity (Wildman–Crippen MR) is 98.6 cm³/mol.